The van der Waals surface area contributed by atoms with Gasteiger partial charge in [-0.1, -0.05) is 60.7 Å². The van der Waals surface area contributed by atoms with Crippen molar-refractivity contribution in [1.82, 2.24) is 0 Å². The molecule has 0 aliphatic rings. The van der Waals surface area contributed by atoms with Crippen molar-refractivity contribution in [2.75, 3.05) is 0 Å². The second-order valence-electron chi connectivity index (χ2n) is 4.33. The van der Waals surface area contributed by atoms with Crippen LogP contribution in [0, 0.1) is 0 Å². The van der Waals surface area contributed by atoms with Crippen LogP contribution in [0.3, 0.4) is 0 Å². The third-order valence-corrected chi connectivity index (χ3v) is 4.18. The first kappa shape index (κ1) is 12.1. The third-order valence-electron chi connectivity index (χ3n) is 2.99. The zero-order valence-corrected chi connectivity index (χ0v) is 11.4. The van der Waals surface area contributed by atoms with Crippen LogP contribution < -0.4 is 0 Å². The van der Waals surface area contributed by atoms with Crippen molar-refractivity contribution in [2.24, 2.45) is 0 Å². The van der Waals surface area contributed by atoms with E-state index in [2.05, 4.69) is 84.9 Å². The van der Waals surface area contributed by atoms with Gasteiger partial charge in [0.1, 0.15) is 0 Å². The Balaban J connectivity index is 1.99. The van der Waals surface area contributed by atoms with Gasteiger partial charge in [-0.05, 0) is 29.8 Å². The lowest BCUT2D eigenvalue weighted by molar-refractivity contribution is 1.39. The SMILES string of the molecule is c1ccc([SH+]c2ccccc2-c2ccccc2)cc1. The largest absolute Gasteiger partial charge is 0.166 e. The zero-order chi connectivity index (χ0) is 12.9. The maximum absolute atomic E-state index is 2.21. The molecule has 0 aromatic heterocycles. The average molecular weight is 263 g/mol. The average Bonchev–Trinajstić information content (AvgIpc) is 2.50. The van der Waals surface area contributed by atoms with Crippen molar-refractivity contribution in [3.8, 4) is 11.1 Å². The highest BCUT2D eigenvalue weighted by Gasteiger charge is 2.12. The molecule has 19 heavy (non-hydrogen) atoms. The van der Waals surface area contributed by atoms with Crippen LogP contribution >= 0.6 is 0 Å². The fourth-order valence-electron chi connectivity index (χ4n) is 2.07. The number of thiol groups is 1. The van der Waals surface area contributed by atoms with Gasteiger partial charge in [-0.25, -0.2) is 0 Å². The zero-order valence-electron chi connectivity index (χ0n) is 10.5. The monoisotopic (exact) mass is 263 g/mol. The maximum Gasteiger partial charge on any atom is 0.166 e. The minimum absolute atomic E-state index is 1.26. The number of benzene rings is 3. The van der Waals surface area contributed by atoms with Crippen molar-refractivity contribution < 1.29 is 0 Å². The molecule has 92 valence electrons. The Bertz CT molecular complexity index is 645. The molecule has 0 saturated heterocycles. The van der Waals surface area contributed by atoms with E-state index in [1.54, 1.807) is 0 Å². The molecule has 0 bridgehead atoms. The molecule has 0 N–H and O–H groups in total. The van der Waals surface area contributed by atoms with Crippen LogP contribution in [0.1, 0.15) is 0 Å². The standard InChI is InChI=1S/C18H14S/c1-3-9-15(10-4-1)17-13-7-8-14-18(17)19-16-11-5-2-6-12-16/h1-14H/p+1. The first-order valence-corrected chi connectivity index (χ1v) is 7.24. The second kappa shape index (κ2) is 5.77. The first-order valence-electron chi connectivity index (χ1n) is 6.35. The Morgan fingerprint density at radius 3 is 1.84 bits per heavy atom. The summed E-state index contributed by atoms with van der Waals surface area (Å²) in [6.07, 6.45) is 0. The normalized spacial score (nSPS) is 10.3. The highest BCUT2D eigenvalue weighted by molar-refractivity contribution is 7.78. The lowest BCUT2D eigenvalue weighted by atomic mass is 10.1. The highest BCUT2D eigenvalue weighted by atomic mass is 32.2. The molecule has 0 heterocycles. The van der Waals surface area contributed by atoms with E-state index < -0.39 is 0 Å². The van der Waals surface area contributed by atoms with E-state index in [0.717, 1.165) is 0 Å². The smallest absolute Gasteiger partial charge is 0.0622 e. The third kappa shape index (κ3) is 2.88. The quantitative estimate of drug-likeness (QED) is 0.479. The highest BCUT2D eigenvalue weighted by Crippen LogP contribution is 2.26. The topological polar surface area (TPSA) is 0 Å². The van der Waals surface area contributed by atoms with Gasteiger partial charge in [0.2, 0.25) is 0 Å². The van der Waals surface area contributed by atoms with E-state index in [0.29, 0.717) is 0 Å². The summed E-state index contributed by atoms with van der Waals surface area (Å²) in [4.78, 5) is 2.67. The van der Waals surface area contributed by atoms with Gasteiger partial charge in [0.05, 0.1) is 0 Å². The first-order chi connectivity index (χ1) is 9.43. The van der Waals surface area contributed by atoms with E-state index in [4.69, 9.17) is 0 Å². The lowest BCUT2D eigenvalue weighted by Crippen LogP contribution is -1.89. The molecule has 0 nitrogen and oxygen atoms in total. The number of hydrogen-bond donors (Lipinski definition) is 0. The Labute approximate surface area is 118 Å². The van der Waals surface area contributed by atoms with Gasteiger partial charge in [-0.3, -0.25) is 0 Å². The minimum atomic E-state index is 1.26. The molecule has 0 spiro atoms. The van der Waals surface area contributed by atoms with Gasteiger partial charge in [0.15, 0.2) is 9.79 Å². The van der Waals surface area contributed by atoms with Gasteiger partial charge >= 0.3 is 0 Å². The summed E-state index contributed by atoms with van der Waals surface area (Å²) in [6, 6.07) is 29.8. The summed E-state index contributed by atoms with van der Waals surface area (Å²) in [5, 5.41) is 0. The molecule has 0 fully saturated rings. The van der Waals surface area contributed by atoms with Gasteiger partial charge < -0.3 is 0 Å². The molecule has 0 aliphatic heterocycles. The van der Waals surface area contributed by atoms with Gasteiger partial charge in [-0.2, -0.15) is 0 Å². The number of rotatable bonds is 3. The van der Waals surface area contributed by atoms with Gasteiger partial charge in [0.25, 0.3) is 0 Å². The molecule has 3 rings (SSSR count). The molecule has 3 aromatic rings. The Hall–Kier alpha value is -1.99. The van der Waals surface area contributed by atoms with Crippen molar-refractivity contribution in [3.63, 3.8) is 0 Å². The fourth-order valence-corrected chi connectivity index (χ4v) is 3.16. The van der Waals surface area contributed by atoms with Crippen LogP contribution in [0.2, 0.25) is 0 Å². The fraction of sp³-hybridized carbons (Fsp3) is 0. The maximum atomic E-state index is 2.21. The van der Waals surface area contributed by atoms with Crippen LogP contribution in [0.15, 0.2) is 94.7 Å². The minimum Gasteiger partial charge on any atom is -0.0622 e. The Morgan fingerprint density at radius 1 is 0.526 bits per heavy atom. The van der Waals surface area contributed by atoms with Crippen LogP contribution in [-0.4, -0.2) is 0 Å². The molecule has 3 aromatic carbocycles. The summed E-state index contributed by atoms with van der Waals surface area (Å²) < 4.78 is 0. The molecular formula is C18H15S+. The Kier molecular flexibility index (Phi) is 3.66. The number of hydrogen-bond acceptors (Lipinski definition) is 0. The van der Waals surface area contributed by atoms with Gasteiger partial charge in [0, 0.05) is 17.3 Å². The van der Waals surface area contributed by atoms with E-state index in [9.17, 15) is 0 Å². The van der Waals surface area contributed by atoms with Crippen molar-refractivity contribution in [1.29, 1.82) is 0 Å². The van der Waals surface area contributed by atoms with Crippen molar-refractivity contribution in [3.05, 3.63) is 84.9 Å². The molecule has 0 unspecified atom stereocenters. The van der Waals surface area contributed by atoms with Crippen LogP contribution in [0.25, 0.3) is 11.1 Å². The van der Waals surface area contributed by atoms with Crippen LogP contribution in [0.4, 0.5) is 0 Å². The molecular weight excluding hydrogens is 248 g/mol. The lowest BCUT2D eigenvalue weighted by Gasteiger charge is -2.03. The predicted octanol–water partition coefficient (Wildman–Crippen LogP) is 4.59. The van der Waals surface area contributed by atoms with E-state index in [1.807, 2.05) is 0 Å². The van der Waals surface area contributed by atoms with Crippen LogP contribution in [-0.2, 0) is 11.8 Å². The predicted molar refractivity (Wildman–Crippen MR) is 83.6 cm³/mol. The molecule has 0 saturated carbocycles. The molecule has 0 aliphatic carbocycles. The summed E-state index contributed by atoms with van der Waals surface area (Å²) in [6.45, 7) is 0. The van der Waals surface area contributed by atoms with Crippen molar-refractivity contribution in [2.45, 2.75) is 9.79 Å². The summed E-state index contributed by atoms with van der Waals surface area (Å²) >= 11 is 1.26. The summed E-state index contributed by atoms with van der Waals surface area (Å²) in [7, 11) is 0. The summed E-state index contributed by atoms with van der Waals surface area (Å²) in [5.74, 6) is 0. The van der Waals surface area contributed by atoms with Gasteiger partial charge in [-0.15, -0.1) is 0 Å². The van der Waals surface area contributed by atoms with E-state index in [-0.39, 0.29) is 0 Å². The summed E-state index contributed by atoms with van der Waals surface area (Å²) in [5.41, 5.74) is 2.59. The molecule has 0 atom stereocenters. The molecule has 0 radical (unpaired) electrons. The van der Waals surface area contributed by atoms with E-state index in [1.165, 1.54) is 32.7 Å². The molecule has 1 heteroatoms. The Morgan fingerprint density at radius 2 is 1.11 bits per heavy atom. The van der Waals surface area contributed by atoms with Crippen molar-refractivity contribution >= 4 is 11.8 Å². The van der Waals surface area contributed by atoms with Crippen LogP contribution in [0.5, 0.6) is 0 Å². The second-order valence-corrected chi connectivity index (χ2v) is 5.55. The van der Waals surface area contributed by atoms with E-state index >= 15 is 0 Å². The molecule has 0 amide bonds.